The van der Waals surface area contributed by atoms with Crippen LogP contribution < -0.4 is 5.32 Å². The lowest BCUT2D eigenvalue weighted by Gasteiger charge is -2.19. The number of nitriles is 1. The van der Waals surface area contributed by atoms with Crippen LogP contribution in [0.2, 0.25) is 0 Å². The Balaban J connectivity index is 1.87. The number of nitrogens with zero attached hydrogens (tertiary/aromatic N) is 3. The SMILES string of the molecule is N#CC1CCCN1C(=O)CNC(=O)c1ccncc1. The Bertz CT molecular complexity index is 509. The van der Waals surface area contributed by atoms with Gasteiger partial charge in [0.2, 0.25) is 5.91 Å². The Kier molecular flexibility index (Phi) is 4.08. The van der Waals surface area contributed by atoms with Gasteiger partial charge in [-0.1, -0.05) is 0 Å². The summed E-state index contributed by atoms with van der Waals surface area (Å²) in [4.78, 5) is 29.0. The molecule has 2 amide bonds. The minimum Gasteiger partial charge on any atom is -0.343 e. The molecule has 1 atom stereocenters. The molecular formula is C13H14N4O2. The average molecular weight is 258 g/mol. The van der Waals surface area contributed by atoms with Crippen molar-refractivity contribution in [3.63, 3.8) is 0 Å². The molecule has 2 rings (SSSR count). The van der Waals surface area contributed by atoms with Crippen LogP contribution in [0.3, 0.4) is 0 Å². The zero-order valence-corrected chi connectivity index (χ0v) is 10.4. The maximum absolute atomic E-state index is 11.9. The second-order valence-electron chi connectivity index (χ2n) is 4.29. The molecule has 1 aliphatic rings. The topological polar surface area (TPSA) is 86.1 Å². The molecule has 1 N–H and O–H groups in total. The summed E-state index contributed by atoms with van der Waals surface area (Å²) in [6.45, 7) is 0.502. The zero-order valence-electron chi connectivity index (χ0n) is 10.4. The summed E-state index contributed by atoms with van der Waals surface area (Å²) in [5.41, 5.74) is 0.459. The third-order valence-electron chi connectivity index (χ3n) is 3.06. The molecule has 0 aromatic carbocycles. The van der Waals surface area contributed by atoms with Crippen molar-refractivity contribution in [3.05, 3.63) is 30.1 Å². The van der Waals surface area contributed by atoms with Crippen LogP contribution in [0, 0.1) is 11.3 Å². The Labute approximate surface area is 111 Å². The number of nitrogens with one attached hydrogen (secondary N) is 1. The molecule has 2 heterocycles. The van der Waals surface area contributed by atoms with Crippen LogP contribution >= 0.6 is 0 Å². The standard InChI is InChI=1S/C13H14N4O2/c14-8-11-2-1-7-17(11)12(18)9-16-13(19)10-3-5-15-6-4-10/h3-6,11H,1-2,7,9H2,(H,16,19). The van der Waals surface area contributed by atoms with Crippen molar-refractivity contribution in [2.75, 3.05) is 13.1 Å². The van der Waals surface area contributed by atoms with E-state index in [2.05, 4.69) is 16.4 Å². The van der Waals surface area contributed by atoms with Gasteiger partial charge in [0.05, 0.1) is 12.6 Å². The fourth-order valence-electron chi connectivity index (χ4n) is 2.06. The Morgan fingerprint density at radius 1 is 1.47 bits per heavy atom. The summed E-state index contributed by atoms with van der Waals surface area (Å²) >= 11 is 0. The van der Waals surface area contributed by atoms with E-state index in [1.165, 1.54) is 17.3 Å². The van der Waals surface area contributed by atoms with Gasteiger partial charge in [0, 0.05) is 24.5 Å². The average Bonchev–Trinajstić information content (AvgIpc) is 2.93. The summed E-state index contributed by atoms with van der Waals surface area (Å²) < 4.78 is 0. The van der Waals surface area contributed by atoms with Gasteiger partial charge in [-0.2, -0.15) is 5.26 Å². The highest BCUT2D eigenvalue weighted by molar-refractivity contribution is 5.96. The third-order valence-corrected chi connectivity index (χ3v) is 3.06. The zero-order chi connectivity index (χ0) is 13.7. The van der Waals surface area contributed by atoms with Crippen molar-refractivity contribution < 1.29 is 9.59 Å². The van der Waals surface area contributed by atoms with Crippen molar-refractivity contribution in [3.8, 4) is 6.07 Å². The van der Waals surface area contributed by atoms with Crippen LogP contribution in [0.5, 0.6) is 0 Å². The Morgan fingerprint density at radius 2 is 2.21 bits per heavy atom. The number of likely N-dealkylation sites (tertiary alicyclic amines) is 1. The monoisotopic (exact) mass is 258 g/mol. The molecular weight excluding hydrogens is 244 g/mol. The molecule has 1 fully saturated rings. The molecule has 1 saturated heterocycles. The molecule has 6 heteroatoms. The van der Waals surface area contributed by atoms with E-state index in [1.54, 1.807) is 12.1 Å². The Hall–Kier alpha value is -2.42. The van der Waals surface area contributed by atoms with Crippen LogP contribution in [0.4, 0.5) is 0 Å². The lowest BCUT2D eigenvalue weighted by molar-refractivity contribution is -0.130. The van der Waals surface area contributed by atoms with Gasteiger partial charge in [-0.25, -0.2) is 0 Å². The quantitative estimate of drug-likeness (QED) is 0.846. The highest BCUT2D eigenvalue weighted by Gasteiger charge is 2.28. The van der Waals surface area contributed by atoms with Crippen molar-refractivity contribution in [1.29, 1.82) is 5.26 Å². The number of carbonyl (C=O) groups is 2. The summed E-state index contributed by atoms with van der Waals surface area (Å²) in [7, 11) is 0. The van der Waals surface area contributed by atoms with Crippen molar-refractivity contribution >= 4 is 11.8 Å². The highest BCUT2D eigenvalue weighted by atomic mass is 16.2. The lowest BCUT2D eigenvalue weighted by Crippen LogP contribution is -2.42. The van der Waals surface area contributed by atoms with Crippen molar-refractivity contribution in [1.82, 2.24) is 15.2 Å². The van der Waals surface area contributed by atoms with E-state index in [0.29, 0.717) is 18.5 Å². The highest BCUT2D eigenvalue weighted by Crippen LogP contribution is 2.15. The second kappa shape index (κ2) is 5.96. The van der Waals surface area contributed by atoms with E-state index >= 15 is 0 Å². The van der Waals surface area contributed by atoms with E-state index < -0.39 is 0 Å². The van der Waals surface area contributed by atoms with Gasteiger partial charge in [-0.3, -0.25) is 14.6 Å². The summed E-state index contributed by atoms with van der Waals surface area (Å²) in [5.74, 6) is -0.532. The van der Waals surface area contributed by atoms with Crippen LogP contribution in [0.25, 0.3) is 0 Å². The number of carbonyl (C=O) groups excluding carboxylic acids is 2. The molecule has 6 nitrogen and oxygen atoms in total. The van der Waals surface area contributed by atoms with Crippen LogP contribution in [0.15, 0.2) is 24.5 Å². The van der Waals surface area contributed by atoms with E-state index in [9.17, 15) is 9.59 Å². The van der Waals surface area contributed by atoms with E-state index in [-0.39, 0.29) is 24.4 Å². The molecule has 0 spiro atoms. The van der Waals surface area contributed by atoms with Crippen molar-refractivity contribution in [2.45, 2.75) is 18.9 Å². The predicted molar refractivity (Wildman–Crippen MR) is 66.9 cm³/mol. The van der Waals surface area contributed by atoms with Gasteiger partial charge in [-0.05, 0) is 25.0 Å². The first kappa shape index (κ1) is 13.0. The summed E-state index contributed by atoms with van der Waals surface area (Å²) in [5, 5.41) is 11.5. The predicted octanol–water partition coefficient (Wildman–Crippen LogP) is 0.326. The van der Waals surface area contributed by atoms with Crippen LogP contribution in [-0.2, 0) is 4.79 Å². The first-order valence-corrected chi connectivity index (χ1v) is 6.09. The molecule has 19 heavy (non-hydrogen) atoms. The minimum absolute atomic E-state index is 0.0840. The first-order valence-electron chi connectivity index (χ1n) is 6.09. The van der Waals surface area contributed by atoms with E-state index in [0.717, 1.165) is 6.42 Å². The fraction of sp³-hybridized carbons (Fsp3) is 0.385. The van der Waals surface area contributed by atoms with Gasteiger partial charge in [0.1, 0.15) is 6.04 Å². The number of amides is 2. The number of aromatic nitrogens is 1. The lowest BCUT2D eigenvalue weighted by atomic mass is 10.2. The van der Waals surface area contributed by atoms with Gasteiger partial charge >= 0.3 is 0 Å². The van der Waals surface area contributed by atoms with Gasteiger partial charge in [0.25, 0.3) is 5.91 Å². The van der Waals surface area contributed by atoms with Crippen LogP contribution in [0.1, 0.15) is 23.2 Å². The molecule has 1 aliphatic heterocycles. The largest absolute Gasteiger partial charge is 0.343 e. The van der Waals surface area contributed by atoms with Gasteiger partial charge in [-0.15, -0.1) is 0 Å². The number of rotatable bonds is 3. The Morgan fingerprint density at radius 3 is 2.89 bits per heavy atom. The van der Waals surface area contributed by atoms with Crippen molar-refractivity contribution in [2.24, 2.45) is 0 Å². The molecule has 0 bridgehead atoms. The molecule has 0 radical (unpaired) electrons. The normalized spacial score (nSPS) is 17.8. The summed E-state index contributed by atoms with van der Waals surface area (Å²) in [6, 6.07) is 4.90. The fourth-order valence-corrected chi connectivity index (χ4v) is 2.06. The third kappa shape index (κ3) is 3.07. The van der Waals surface area contributed by atoms with Gasteiger partial charge < -0.3 is 10.2 Å². The van der Waals surface area contributed by atoms with Crippen LogP contribution in [-0.4, -0.2) is 40.8 Å². The van der Waals surface area contributed by atoms with E-state index in [4.69, 9.17) is 5.26 Å². The molecule has 1 aromatic heterocycles. The van der Waals surface area contributed by atoms with E-state index in [1.807, 2.05) is 0 Å². The first-order chi connectivity index (χ1) is 9.22. The van der Waals surface area contributed by atoms with Gasteiger partial charge in [0.15, 0.2) is 0 Å². The second-order valence-corrected chi connectivity index (χ2v) is 4.29. The molecule has 98 valence electrons. The molecule has 1 aromatic rings. The number of pyridine rings is 1. The molecule has 1 unspecified atom stereocenters. The number of hydrogen-bond acceptors (Lipinski definition) is 4. The molecule has 0 saturated carbocycles. The maximum atomic E-state index is 11.9. The smallest absolute Gasteiger partial charge is 0.251 e. The maximum Gasteiger partial charge on any atom is 0.251 e. The number of hydrogen-bond donors (Lipinski definition) is 1. The minimum atomic E-state index is -0.356. The molecule has 0 aliphatic carbocycles. The summed E-state index contributed by atoms with van der Waals surface area (Å²) in [6.07, 6.45) is 4.58.